The van der Waals surface area contributed by atoms with E-state index in [0.29, 0.717) is 12.8 Å². The topological polar surface area (TPSA) is 84.5 Å². The molecule has 0 aromatic heterocycles. The Balaban J connectivity index is 2.33. The Morgan fingerprint density at radius 1 is 1.21 bits per heavy atom. The Hall–Kier alpha value is -1.39. The van der Waals surface area contributed by atoms with Gasteiger partial charge in [-0.3, -0.25) is 14.9 Å². The molecule has 0 aromatic rings. The largest absolute Gasteiger partial charge is 0.369 e. The maximum atomic E-state index is 11.7. The number of nitrogens with two attached hydrogens (primary N) is 1. The number of guanidine groups is 1. The van der Waals surface area contributed by atoms with Crippen molar-refractivity contribution in [3.63, 3.8) is 0 Å². The van der Waals surface area contributed by atoms with Crippen LogP contribution in [-0.2, 0) is 9.59 Å². The predicted molar refractivity (Wildman–Crippen MR) is 50.3 cm³/mol. The zero-order valence-electron chi connectivity index (χ0n) is 7.88. The average Bonchev–Trinajstić information content (AvgIpc) is 2.16. The first kappa shape index (κ1) is 9.18. The van der Waals surface area contributed by atoms with Crippen molar-refractivity contribution in [3.8, 4) is 0 Å². The van der Waals surface area contributed by atoms with Crippen molar-refractivity contribution < 1.29 is 9.59 Å². The van der Waals surface area contributed by atoms with E-state index in [4.69, 9.17) is 5.73 Å². The van der Waals surface area contributed by atoms with Crippen LogP contribution in [0.25, 0.3) is 0 Å². The minimum absolute atomic E-state index is 0.0730. The van der Waals surface area contributed by atoms with E-state index in [1.165, 1.54) is 0 Å². The molecule has 76 valence electrons. The number of aliphatic imine (C=N–C) groups is 1. The zero-order valence-corrected chi connectivity index (χ0v) is 7.88. The SMILES string of the molecule is NC1=NC(=O)C2(CCCCC2)C(=O)N1. The molecule has 1 spiro atoms. The Bertz CT molecular complexity index is 316. The normalized spacial score (nSPS) is 25.9. The number of carbonyl (C=O) groups is 2. The van der Waals surface area contributed by atoms with Crippen LogP contribution in [0.3, 0.4) is 0 Å². The lowest BCUT2D eigenvalue weighted by Gasteiger charge is -2.34. The van der Waals surface area contributed by atoms with Crippen LogP contribution in [-0.4, -0.2) is 17.8 Å². The lowest BCUT2D eigenvalue weighted by Crippen LogP contribution is -2.55. The van der Waals surface area contributed by atoms with Gasteiger partial charge in [-0.1, -0.05) is 19.3 Å². The predicted octanol–water partition coefficient (Wildman–Crippen LogP) is -0.0920. The van der Waals surface area contributed by atoms with Gasteiger partial charge in [-0.15, -0.1) is 0 Å². The number of amides is 2. The lowest BCUT2D eigenvalue weighted by molar-refractivity contribution is -0.144. The quantitative estimate of drug-likeness (QED) is 0.530. The van der Waals surface area contributed by atoms with Crippen molar-refractivity contribution in [2.75, 3.05) is 0 Å². The van der Waals surface area contributed by atoms with Crippen molar-refractivity contribution in [3.05, 3.63) is 0 Å². The molecular formula is C9H13N3O2. The van der Waals surface area contributed by atoms with Crippen LogP contribution in [0, 0.1) is 5.41 Å². The van der Waals surface area contributed by atoms with Gasteiger partial charge in [0, 0.05) is 0 Å². The summed E-state index contributed by atoms with van der Waals surface area (Å²) in [7, 11) is 0. The third-order valence-corrected chi connectivity index (χ3v) is 3.01. The van der Waals surface area contributed by atoms with Gasteiger partial charge in [-0.25, -0.2) is 0 Å². The number of rotatable bonds is 0. The summed E-state index contributed by atoms with van der Waals surface area (Å²) in [6, 6.07) is 0. The third kappa shape index (κ3) is 1.20. The maximum absolute atomic E-state index is 11.7. The summed E-state index contributed by atoms with van der Waals surface area (Å²) in [5.74, 6) is -0.704. The van der Waals surface area contributed by atoms with E-state index in [1.54, 1.807) is 0 Å². The molecule has 1 aliphatic heterocycles. The lowest BCUT2D eigenvalue weighted by atomic mass is 9.72. The summed E-state index contributed by atoms with van der Waals surface area (Å²) < 4.78 is 0. The van der Waals surface area contributed by atoms with E-state index in [9.17, 15) is 9.59 Å². The van der Waals surface area contributed by atoms with Crippen LogP contribution < -0.4 is 11.1 Å². The highest BCUT2D eigenvalue weighted by Crippen LogP contribution is 2.38. The maximum Gasteiger partial charge on any atom is 0.264 e. The summed E-state index contributed by atoms with van der Waals surface area (Å²) in [6.45, 7) is 0. The van der Waals surface area contributed by atoms with Gasteiger partial charge in [-0.2, -0.15) is 4.99 Å². The van der Waals surface area contributed by atoms with Gasteiger partial charge in [0.25, 0.3) is 5.91 Å². The molecule has 1 saturated carbocycles. The second-order valence-electron chi connectivity index (χ2n) is 3.90. The molecule has 2 aliphatic rings. The van der Waals surface area contributed by atoms with Crippen molar-refractivity contribution in [1.82, 2.24) is 5.32 Å². The second-order valence-corrected chi connectivity index (χ2v) is 3.90. The standard InChI is InChI=1S/C9H13N3O2/c10-8-11-6(13)9(7(14)12-8)4-2-1-3-5-9/h1-5H2,(H3,10,11,12,13,14). The molecule has 0 unspecified atom stereocenters. The summed E-state index contributed by atoms with van der Waals surface area (Å²) >= 11 is 0. The van der Waals surface area contributed by atoms with Gasteiger partial charge in [-0.05, 0) is 12.8 Å². The summed E-state index contributed by atoms with van der Waals surface area (Å²) in [4.78, 5) is 27.0. The van der Waals surface area contributed by atoms with E-state index in [1.807, 2.05) is 0 Å². The minimum atomic E-state index is -0.902. The van der Waals surface area contributed by atoms with Crippen LogP contribution in [0.5, 0.6) is 0 Å². The van der Waals surface area contributed by atoms with Crippen LogP contribution in [0.4, 0.5) is 0 Å². The van der Waals surface area contributed by atoms with E-state index in [0.717, 1.165) is 19.3 Å². The summed E-state index contributed by atoms with van der Waals surface area (Å²) in [6.07, 6.45) is 4.12. The summed E-state index contributed by atoms with van der Waals surface area (Å²) in [5, 5.41) is 2.44. The van der Waals surface area contributed by atoms with Gasteiger partial charge >= 0.3 is 0 Å². The van der Waals surface area contributed by atoms with Gasteiger partial charge in [0.1, 0.15) is 5.41 Å². The van der Waals surface area contributed by atoms with E-state index < -0.39 is 5.41 Å². The third-order valence-electron chi connectivity index (χ3n) is 3.01. The second kappa shape index (κ2) is 3.08. The van der Waals surface area contributed by atoms with Crippen molar-refractivity contribution >= 4 is 17.8 Å². The molecule has 0 atom stereocenters. The number of carbonyl (C=O) groups excluding carboxylic acids is 2. The Morgan fingerprint density at radius 2 is 1.86 bits per heavy atom. The van der Waals surface area contributed by atoms with Crippen molar-refractivity contribution in [1.29, 1.82) is 0 Å². The van der Waals surface area contributed by atoms with E-state index in [2.05, 4.69) is 10.3 Å². The molecule has 2 amide bonds. The fraction of sp³-hybridized carbons (Fsp3) is 0.667. The molecule has 3 N–H and O–H groups in total. The monoisotopic (exact) mass is 195 g/mol. The smallest absolute Gasteiger partial charge is 0.264 e. The highest BCUT2D eigenvalue weighted by atomic mass is 16.2. The molecule has 14 heavy (non-hydrogen) atoms. The molecule has 1 heterocycles. The van der Waals surface area contributed by atoms with Gasteiger partial charge in [0.2, 0.25) is 11.9 Å². The molecule has 0 radical (unpaired) electrons. The van der Waals surface area contributed by atoms with Gasteiger partial charge in [0.15, 0.2) is 0 Å². The first-order valence-corrected chi connectivity index (χ1v) is 4.85. The van der Waals surface area contributed by atoms with Crippen molar-refractivity contribution in [2.45, 2.75) is 32.1 Å². The molecular weight excluding hydrogens is 182 g/mol. The minimum Gasteiger partial charge on any atom is -0.369 e. The number of hydrogen-bond donors (Lipinski definition) is 2. The van der Waals surface area contributed by atoms with Crippen LogP contribution in [0.2, 0.25) is 0 Å². The molecule has 5 nitrogen and oxygen atoms in total. The first-order valence-electron chi connectivity index (χ1n) is 4.85. The zero-order chi connectivity index (χ0) is 10.2. The Morgan fingerprint density at radius 3 is 2.43 bits per heavy atom. The van der Waals surface area contributed by atoms with Crippen molar-refractivity contribution in [2.24, 2.45) is 16.1 Å². The number of hydrogen-bond acceptors (Lipinski definition) is 3. The van der Waals surface area contributed by atoms with Gasteiger partial charge in [0.05, 0.1) is 0 Å². The fourth-order valence-corrected chi connectivity index (χ4v) is 2.17. The molecule has 5 heteroatoms. The summed E-state index contributed by atoms with van der Waals surface area (Å²) in [5.41, 5.74) is 4.40. The highest BCUT2D eigenvalue weighted by molar-refractivity contribution is 6.17. The Kier molecular flexibility index (Phi) is 2.02. The molecule has 0 saturated heterocycles. The average molecular weight is 195 g/mol. The van der Waals surface area contributed by atoms with E-state index >= 15 is 0 Å². The Labute approximate surface area is 81.8 Å². The number of nitrogens with one attached hydrogen (secondary N) is 1. The molecule has 1 aliphatic carbocycles. The molecule has 0 bridgehead atoms. The number of nitrogens with zero attached hydrogens (tertiary/aromatic N) is 1. The molecule has 1 fully saturated rings. The van der Waals surface area contributed by atoms with Gasteiger partial charge < -0.3 is 5.73 Å². The first-order chi connectivity index (χ1) is 6.65. The fourth-order valence-electron chi connectivity index (χ4n) is 2.17. The van der Waals surface area contributed by atoms with Crippen LogP contribution >= 0.6 is 0 Å². The molecule has 2 rings (SSSR count). The highest BCUT2D eigenvalue weighted by Gasteiger charge is 2.48. The molecule has 0 aromatic carbocycles. The van der Waals surface area contributed by atoms with E-state index in [-0.39, 0.29) is 17.8 Å². The van der Waals surface area contributed by atoms with Crippen LogP contribution in [0.15, 0.2) is 4.99 Å². The van der Waals surface area contributed by atoms with Crippen LogP contribution in [0.1, 0.15) is 32.1 Å².